The summed E-state index contributed by atoms with van der Waals surface area (Å²) in [6.45, 7) is 0. The molecule has 1 heterocycles. The van der Waals surface area contributed by atoms with E-state index in [1.807, 2.05) is 0 Å². The van der Waals surface area contributed by atoms with Gasteiger partial charge in [-0.25, -0.2) is 4.79 Å². The molecule has 0 N–H and O–H groups in total. The van der Waals surface area contributed by atoms with E-state index in [1.54, 1.807) is 0 Å². The van der Waals surface area contributed by atoms with Crippen molar-refractivity contribution in [1.82, 2.24) is 0 Å². The van der Waals surface area contributed by atoms with E-state index in [9.17, 15) is 4.79 Å². The quantitative estimate of drug-likeness (QED) is 0.464. The topological polar surface area (TPSA) is 43.4 Å². The van der Waals surface area contributed by atoms with Crippen LogP contribution in [0.3, 0.4) is 0 Å². The minimum Gasteiger partial charge on any atom is -1.00 e. The maximum atomic E-state index is 9.74. The van der Waals surface area contributed by atoms with Gasteiger partial charge in [0.15, 0.2) is 0 Å². The van der Waals surface area contributed by atoms with Crippen molar-refractivity contribution >= 4 is 37.7 Å². The zero-order valence-electron chi connectivity index (χ0n) is 5.59. The summed E-state index contributed by atoms with van der Waals surface area (Å²) in [7, 11) is 0. The van der Waals surface area contributed by atoms with Crippen LogP contribution in [0.2, 0.25) is 0 Å². The van der Waals surface area contributed by atoms with E-state index >= 15 is 0 Å². The molecule has 1 aromatic rings. The largest absolute Gasteiger partial charge is 2.00 e. The van der Waals surface area contributed by atoms with Crippen LogP contribution >= 0.6 is 0 Å². The molecule has 0 saturated carbocycles. The summed E-state index contributed by atoms with van der Waals surface area (Å²) in [5.41, 5.74) is 0. The van der Waals surface area contributed by atoms with Gasteiger partial charge in [-0.3, -0.25) is 0 Å². The zero-order valence-corrected chi connectivity index (χ0v) is 5.79. The molecule has 1 rings (SSSR count). The Hall–Kier alpha value is 0.270. The predicted molar refractivity (Wildman–Crippen MR) is 25.2 cm³/mol. The molecule has 0 aliphatic rings. The Morgan fingerprint density at radius 2 is 1.86 bits per heavy atom. The van der Waals surface area contributed by atoms with E-state index in [1.165, 1.54) is 12.5 Å². The molecule has 0 aromatic carbocycles. The normalized spacial score (nSPS) is 7.43. The van der Waals surface area contributed by atoms with Crippen molar-refractivity contribution in [2.24, 2.45) is 0 Å². The van der Waals surface area contributed by atoms with Gasteiger partial charge in [0.2, 0.25) is 0 Å². The van der Waals surface area contributed by atoms with Crippen LogP contribution in [-0.2, 0) is 0 Å². The fourth-order valence-corrected chi connectivity index (χ4v) is 0.194. The minimum atomic E-state index is -0.657. The molecular formula is C3H4CaO3. The van der Waals surface area contributed by atoms with Crippen LogP contribution in [0, 0.1) is 0 Å². The molecule has 0 bridgehead atoms. The van der Waals surface area contributed by atoms with Crippen LogP contribution in [0.1, 0.15) is 2.85 Å². The molecule has 0 aliphatic carbocycles. The van der Waals surface area contributed by atoms with Gasteiger partial charge in [0, 0.05) is 0 Å². The molecule has 4 heteroatoms. The Morgan fingerprint density at radius 1 is 1.43 bits per heavy atom. The van der Waals surface area contributed by atoms with Gasteiger partial charge in [-0.1, -0.05) is 0 Å². The molecule has 0 atom stereocenters. The molecule has 3 nitrogen and oxygen atoms in total. The third-order valence-electron chi connectivity index (χ3n) is 0.384. The summed E-state index contributed by atoms with van der Waals surface area (Å²) in [5.74, 6) is -0.657. The second-order valence-electron chi connectivity index (χ2n) is 0.758. The smallest absolute Gasteiger partial charge is 1.00 e. The molecule has 36 valence electrons. The van der Waals surface area contributed by atoms with Crippen LogP contribution in [0.5, 0.6) is 0 Å². The van der Waals surface area contributed by atoms with Crippen molar-refractivity contribution in [2.45, 2.75) is 0 Å². The van der Waals surface area contributed by atoms with E-state index in [4.69, 9.17) is 0 Å². The summed E-state index contributed by atoms with van der Waals surface area (Å²) in [6.07, 6.45) is 2.37. The first-order valence-electron chi connectivity index (χ1n) is 1.42. The molecule has 7 heavy (non-hydrogen) atoms. The van der Waals surface area contributed by atoms with Gasteiger partial charge >= 0.3 is 43.6 Å². The van der Waals surface area contributed by atoms with Gasteiger partial charge in [-0.05, 0) is 0 Å². The summed E-state index contributed by atoms with van der Waals surface area (Å²) in [5, 5.41) is 0. The Morgan fingerprint density at radius 3 is 2.00 bits per heavy atom. The van der Waals surface area contributed by atoms with Crippen LogP contribution in [-0.4, -0.2) is 37.7 Å². The van der Waals surface area contributed by atoms with Gasteiger partial charge in [0.05, 0.1) is 0 Å². The predicted octanol–water partition coefficient (Wildman–Crippen LogP) is 0.0770. The molecule has 0 radical (unpaired) electrons. The van der Waals surface area contributed by atoms with Crippen molar-refractivity contribution in [3.8, 4) is 0 Å². The van der Waals surface area contributed by atoms with Crippen LogP contribution in [0.4, 0.5) is 0 Å². The van der Waals surface area contributed by atoms with Crippen molar-refractivity contribution in [2.75, 3.05) is 0 Å². The molecular weight excluding hydrogens is 124 g/mol. The number of hydrogen-bond acceptors (Lipinski definition) is 3. The SMILES string of the molecule is O=c1occo1.[Ca+2].[H-].[H-]. The van der Waals surface area contributed by atoms with Crippen molar-refractivity contribution in [3.63, 3.8) is 0 Å². The molecule has 0 spiro atoms. The van der Waals surface area contributed by atoms with Gasteiger partial charge in [-0.2, -0.15) is 0 Å². The molecule has 0 saturated heterocycles. The van der Waals surface area contributed by atoms with Crippen LogP contribution in [0.25, 0.3) is 0 Å². The summed E-state index contributed by atoms with van der Waals surface area (Å²) >= 11 is 0. The second kappa shape index (κ2) is 3.29. The summed E-state index contributed by atoms with van der Waals surface area (Å²) < 4.78 is 8.22. The molecule has 0 fully saturated rings. The third-order valence-corrected chi connectivity index (χ3v) is 0.384. The average Bonchev–Trinajstić information content (AvgIpc) is 1.86. The van der Waals surface area contributed by atoms with E-state index in [2.05, 4.69) is 8.83 Å². The Bertz CT molecular complexity index is 155. The van der Waals surface area contributed by atoms with Crippen molar-refractivity contribution in [1.29, 1.82) is 0 Å². The monoisotopic (exact) mass is 128 g/mol. The van der Waals surface area contributed by atoms with Crippen molar-refractivity contribution < 1.29 is 11.7 Å². The molecule has 0 aliphatic heterocycles. The molecule has 0 amide bonds. The first-order chi connectivity index (χ1) is 2.89. The maximum absolute atomic E-state index is 9.74. The summed E-state index contributed by atoms with van der Waals surface area (Å²) in [6, 6.07) is 0. The van der Waals surface area contributed by atoms with Crippen LogP contribution in [0.15, 0.2) is 26.2 Å². The number of hydrogen-bond donors (Lipinski definition) is 0. The zero-order chi connectivity index (χ0) is 4.41. The van der Waals surface area contributed by atoms with E-state index in [0.29, 0.717) is 0 Å². The Balaban J connectivity index is -0.000000120. The minimum absolute atomic E-state index is 0. The first kappa shape index (κ1) is 7.27. The van der Waals surface area contributed by atoms with Crippen LogP contribution < -0.4 is 5.82 Å². The van der Waals surface area contributed by atoms with Gasteiger partial charge in [-0.15, -0.1) is 0 Å². The molecule has 0 unspecified atom stereocenters. The van der Waals surface area contributed by atoms with Gasteiger partial charge in [0.25, 0.3) is 0 Å². The maximum Gasteiger partial charge on any atom is 2.00 e. The van der Waals surface area contributed by atoms with E-state index in [-0.39, 0.29) is 40.6 Å². The average molecular weight is 128 g/mol. The first-order valence-corrected chi connectivity index (χ1v) is 1.42. The standard InChI is InChI=1S/C3H2O3.Ca.2H/c4-3-5-1-2-6-3;;;/h1-2H;;;/q;+2;2*-1. The Labute approximate surface area is 72.3 Å². The van der Waals surface area contributed by atoms with E-state index in [0.717, 1.165) is 0 Å². The van der Waals surface area contributed by atoms with E-state index < -0.39 is 5.82 Å². The second-order valence-corrected chi connectivity index (χ2v) is 0.758. The number of rotatable bonds is 0. The molecule has 1 aromatic heterocycles. The third kappa shape index (κ3) is 2.16. The van der Waals surface area contributed by atoms with Crippen molar-refractivity contribution in [3.05, 3.63) is 23.1 Å². The fourth-order valence-electron chi connectivity index (χ4n) is 0.194. The Kier molecular flexibility index (Phi) is 3.42. The fraction of sp³-hybridized carbons (Fsp3) is 0. The van der Waals surface area contributed by atoms with Gasteiger partial charge in [0.1, 0.15) is 12.5 Å². The summed E-state index contributed by atoms with van der Waals surface area (Å²) in [4.78, 5) is 9.74. The van der Waals surface area contributed by atoms with Gasteiger partial charge < -0.3 is 11.7 Å².